The fourth-order valence-corrected chi connectivity index (χ4v) is 2.50. The van der Waals surface area contributed by atoms with Gasteiger partial charge in [0, 0.05) is 17.5 Å². The van der Waals surface area contributed by atoms with Gasteiger partial charge in [-0.2, -0.15) is 0 Å². The summed E-state index contributed by atoms with van der Waals surface area (Å²) in [6, 6.07) is 8.71. The van der Waals surface area contributed by atoms with E-state index in [0.717, 1.165) is 6.54 Å². The molecule has 0 N–H and O–H groups in total. The Labute approximate surface area is 89.9 Å². The van der Waals surface area contributed by atoms with Crippen LogP contribution in [0, 0.1) is 6.92 Å². The van der Waals surface area contributed by atoms with Gasteiger partial charge in [0.05, 0.1) is 0 Å². The van der Waals surface area contributed by atoms with Crippen LogP contribution in [0.3, 0.4) is 0 Å². The molecule has 0 saturated carbocycles. The molecule has 0 spiro atoms. The first-order chi connectivity index (χ1) is 6.75. The molecule has 2 heteroatoms. The summed E-state index contributed by atoms with van der Waals surface area (Å²) in [7, 11) is 0. The van der Waals surface area contributed by atoms with Gasteiger partial charge >= 0.3 is 0 Å². The highest BCUT2D eigenvalue weighted by molar-refractivity contribution is 8.01. The van der Waals surface area contributed by atoms with E-state index in [0.29, 0.717) is 5.25 Å². The van der Waals surface area contributed by atoms with Crippen LogP contribution in [0.25, 0.3) is 0 Å². The summed E-state index contributed by atoms with van der Waals surface area (Å²) >= 11 is 1.89. The summed E-state index contributed by atoms with van der Waals surface area (Å²) in [5, 5.41) is 0.588. The van der Waals surface area contributed by atoms with Crippen molar-refractivity contribution in [2.24, 2.45) is 0 Å². The van der Waals surface area contributed by atoms with Crippen LogP contribution in [0.5, 0.6) is 0 Å². The molecule has 1 aliphatic rings. The van der Waals surface area contributed by atoms with E-state index in [9.17, 15) is 0 Å². The lowest BCUT2D eigenvalue weighted by atomic mass is 10.2. The largest absolute Gasteiger partial charge is 0.312 e. The van der Waals surface area contributed by atoms with E-state index in [1.165, 1.54) is 11.3 Å². The van der Waals surface area contributed by atoms with Crippen molar-refractivity contribution >= 4 is 17.6 Å². The maximum Gasteiger partial charge on any atom is 0.0477 e. The predicted octanol–water partition coefficient (Wildman–Crippen LogP) is 3.41. The van der Waals surface area contributed by atoms with Gasteiger partial charge in [-0.1, -0.05) is 29.8 Å². The molecule has 74 valence electrons. The number of hydrogen-bond acceptors (Lipinski definition) is 2. The van der Waals surface area contributed by atoms with Gasteiger partial charge in [0.2, 0.25) is 0 Å². The van der Waals surface area contributed by atoms with Crippen molar-refractivity contribution < 1.29 is 0 Å². The molecule has 14 heavy (non-hydrogen) atoms. The number of nitrogens with zero attached hydrogens (tertiary/aromatic N) is 1. The number of hydrogen-bond donors (Lipinski definition) is 0. The Balaban J connectivity index is 2.15. The molecule has 0 saturated heterocycles. The average Bonchev–Trinajstić information content (AvgIpc) is 2.19. The summed E-state index contributed by atoms with van der Waals surface area (Å²) in [5.74, 6) is 0. The Hall–Kier alpha value is -0.890. The van der Waals surface area contributed by atoms with Gasteiger partial charge in [0.1, 0.15) is 0 Å². The van der Waals surface area contributed by atoms with Gasteiger partial charge in [-0.25, -0.2) is 0 Å². The first-order valence-corrected chi connectivity index (χ1v) is 5.77. The Bertz CT molecular complexity index is 329. The Kier molecular flexibility index (Phi) is 2.82. The van der Waals surface area contributed by atoms with Crippen molar-refractivity contribution in [2.45, 2.75) is 19.1 Å². The maximum atomic E-state index is 2.34. The Morgan fingerprint density at radius 3 is 2.64 bits per heavy atom. The first-order valence-electron chi connectivity index (χ1n) is 4.93. The number of anilines is 1. The summed E-state index contributed by atoms with van der Waals surface area (Å²) in [6.07, 6.45) is 4.50. The minimum absolute atomic E-state index is 0.588. The van der Waals surface area contributed by atoms with E-state index in [4.69, 9.17) is 0 Å². The van der Waals surface area contributed by atoms with E-state index in [1.54, 1.807) is 0 Å². The number of rotatable bonds is 1. The summed E-state index contributed by atoms with van der Waals surface area (Å²) in [6.45, 7) is 5.36. The standard InChI is InChI=1S/C12H15NS/c1-10-5-7-12(8-6-10)13-9-3-4-11(2)14-13/h3-8,11H,9H2,1-2H3. The van der Waals surface area contributed by atoms with Crippen LogP contribution in [0.4, 0.5) is 5.69 Å². The summed E-state index contributed by atoms with van der Waals surface area (Å²) < 4.78 is 2.34. The summed E-state index contributed by atoms with van der Waals surface area (Å²) in [5.41, 5.74) is 2.62. The van der Waals surface area contributed by atoms with Gasteiger partial charge in [-0.15, -0.1) is 0 Å². The highest BCUT2D eigenvalue weighted by atomic mass is 32.2. The van der Waals surface area contributed by atoms with Crippen LogP contribution in [0.2, 0.25) is 0 Å². The molecule has 0 bridgehead atoms. The molecule has 1 unspecified atom stereocenters. The lowest BCUT2D eigenvalue weighted by molar-refractivity contribution is 1.11. The highest BCUT2D eigenvalue weighted by Gasteiger charge is 2.12. The molecule has 0 aromatic heterocycles. The third kappa shape index (κ3) is 2.13. The van der Waals surface area contributed by atoms with Gasteiger partial charge in [-0.3, -0.25) is 0 Å². The second-order valence-corrected chi connectivity index (χ2v) is 5.03. The lowest BCUT2D eigenvalue weighted by Crippen LogP contribution is -2.21. The fraction of sp³-hybridized carbons (Fsp3) is 0.333. The van der Waals surface area contributed by atoms with Crippen molar-refractivity contribution in [3.63, 3.8) is 0 Å². The molecule has 1 aromatic rings. The normalized spacial score (nSPS) is 21.3. The maximum absolute atomic E-state index is 2.34. The van der Waals surface area contributed by atoms with Gasteiger partial charge in [-0.05, 0) is 37.9 Å². The molecule has 1 heterocycles. The fourth-order valence-electron chi connectivity index (χ4n) is 1.50. The first kappa shape index (κ1) is 9.66. The lowest BCUT2D eigenvalue weighted by Gasteiger charge is -2.27. The number of benzene rings is 1. The van der Waals surface area contributed by atoms with Gasteiger partial charge in [0.15, 0.2) is 0 Å². The van der Waals surface area contributed by atoms with Gasteiger partial charge in [0.25, 0.3) is 0 Å². The zero-order valence-electron chi connectivity index (χ0n) is 8.60. The molecule has 0 amide bonds. The van der Waals surface area contributed by atoms with E-state index in [-0.39, 0.29) is 0 Å². The third-order valence-corrected chi connectivity index (χ3v) is 3.40. The molecule has 1 aliphatic heterocycles. The van der Waals surface area contributed by atoms with Crippen molar-refractivity contribution in [1.29, 1.82) is 0 Å². The van der Waals surface area contributed by atoms with Crippen LogP contribution >= 0.6 is 11.9 Å². The summed E-state index contributed by atoms with van der Waals surface area (Å²) in [4.78, 5) is 0. The quantitative estimate of drug-likeness (QED) is 0.510. The van der Waals surface area contributed by atoms with Crippen molar-refractivity contribution in [2.75, 3.05) is 10.8 Å². The van der Waals surface area contributed by atoms with Crippen LogP contribution < -0.4 is 4.31 Å². The second kappa shape index (κ2) is 4.09. The number of aryl methyl sites for hydroxylation is 1. The Morgan fingerprint density at radius 1 is 1.29 bits per heavy atom. The monoisotopic (exact) mass is 205 g/mol. The highest BCUT2D eigenvalue weighted by Crippen LogP contribution is 2.28. The van der Waals surface area contributed by atoms with Crippen LogP contribution in [0.15, 0.2) is 36.4 Å². The van der Waals surface area contributed by atoms with E-state index >= 15 is 0 Å². The molecule has 0 radical (unpaired) electrons. The molecule has 2 rings (SSSR count). The smallest absolute Gasteiger partial charge is 0.0477 e. The predicted molar refractivity (Wildman–Crippen MR) is 64.7 cm³/mol. The second-order valence-electron chi connectivity index (χ2n) is 3.64. The van der Waals surface area contributed by atoms with E-state index in [1.807, 2.05) is 11.9 Å². The van der Waals surface area contributed by atoms with Crippen LogP contribution in [-0.4, -0.2) is 11.8 Å². The SMILES string of the molecule is Cc1ccc(N2CC=CC(C)S2)cc1. The minimum atomic E-state index is 0.588. The average molecular weight is 205 g/mol. The molecule has 1 atom stereocenters. The molecule has 1 nitrogen and oxygen atoms in total. The van der Waals surface area contributed by atoms with Gasteiger partial charge < -0.3 is 4.31 Å². The molecule has 1 aromatic carbocycles. The van der Waals surface area contributed by atoms with Crippen molar-refractivity contribution in [1.82, 2.24) is 0 Å². The molecular weight excluding hydrogens is 190 g/mol. The zero-order valence-corrected chi connectivity index (χ0v) is 9.42. The van der Waals surface area contributed by atoms with Crippen molar-refractivity contribution in [3.05, 3.63) is 42.0 Å². The Morgan fingerprint density at radius 2 is 2.00 bits per heavy atom. The topological polar surface area (TPSA) is 3.24 Å². The van der Waals surface area contributed by atoms with E-state index in [2.05, 4.69) is 54.6 Å². The van der Waals surface area contributed by atoms with E-state index < -0.39 is 0 Å². The van der Waals surface area contributed by atoms with Crippen LogP contribution in [-0.2, 0) is 0 Å². The van der Waals surface area contributed by atoms with Crippen molar-refractivity contribution in [3.8, 4) is 0 Å². The molecule has 0 fully saturated rings. The molecule has 0 aliphatic carbocycles. The zero-order chi connectivity index (χ0) is 9.97. The molecular formula is C12H15NS. The van der Waals surface area contributed by atoms with Crippen LogP contribution in [0.1, 0.15) is 12.5 Å². The third-order valence-electron chi connectivity index (χ3n) is 2.29. The minimum Gasteiger partial charge on any atom is -0.312 e.